The molecule has 0 heterocycles. The Morgan fingerprint density at radius 1 is 0.548 bits per heavy atom. The molecule has 0 aromatic carbocycles. The van der Waals surface area contributed by atoms with E-state index in [1.54, 1.807) is 21.3 Å². The Balaban J connectivity index is -0.000000384. The third kappa shape index (κ3) is 17.8. The smallest absolute Gasteiger partial charge is 0.0869 e. The Bertz CT molecular complexity index is 339. The molecule has 0 rings (SSSR count). The molecule has 0 saturated heterocycles. The summed E-state index contributed by atoms with van der Waals surface area (Å²) in [5.74, 6) is 3.44. The fraction of sp³-hybridized carbons (Fsp3) is 1.00. The van der Waals surface area contributed by atoms with E-state index < -0.39 is 0 Å². The first kappa shape index (κ1) is 36.3. The Morgan fingerprint density at radius 3 is 1.16 bits per heavy atom. The van der Waals surface area contributed by atoms with Crippen LogP contribution in [0.15, 0.2) is 0 Å². The fourth-order valence-electron chi connectivity index (χ4n) is 3.06. The number of rotatable bonds is 15. The van der Waals surface area contributed by atoms with E-state index in [0.717, 1.165) is 25.9 Å². The van der Waals surface area contributed by atoms with Gasteiger partial charge in [0.1, 0.15) is 0 Å². The van der Waals surface area contributed by atoms with Crippen molar-refractivity contribution in [3.8, 4) is 0 Å². The van der Waals surface area contributed by atoms with Gasteiger partial charge in [0, 0.05) is 51.5 Å². The highest BCUT2D eigenvalue weighted by molar-refractivity contribution is 6.18. The first-order valence-corrected chi connectivity index (χ1v) is 13.2. The first-order chi connectivity index (χ1) is 14.7. The van der Waals surface area contributed by atoms with Gasteiger partial charge >= 0.3 is 0 Å². The lowest BCUT2D eigenvalue weighted by molar-refractivity contribution is -0.0523. The van der Waals surface area contributed by atoms with E-state index in [0.29, 0.717) is 47.6 Å². The molecule has 7 heteroatoms. The molecule has 0 aliphatic heterocycles. The molecule has 0 aromatic heterocycles. The SMILES string of the molecule is CCC(CCl)C(C)OC.CCC(CCl)C(OC)C(C)OC.CCOC(C)C(CC)CCl. The second-order valence-electron chi connectivity index (χ2n) is 7.71. The molecule has 0 bridgehead atoms. The van der Waals surface area contributed by atoms with Gasteiger partial charge in [-0.1, -0.05) is 20.8 Å². The van der Waals surface area contributed by atoms with Gasteiger partial charge in [-0.25, -0.2) is 0 Å². The third-order valence-electron chi connectivity index (χ3n) is 5.87. The number of ether oxygens (including phenoxy) is 4. The van der Waals surface area contributed by atoms with Crippen molar-refractivity contribution in [3.63, 3.8) is 0 Å². The van der Waals surface area contributed by atoms with Crippen LogP contribution in [-0.4, -0.2) is 70.0 Å². The van der Waals surface area contributed by atoms with Crippen LogP contribution in [0.3, 0.4) is 0 Å². The lowest BCUT2D eigenvalue weighted by Crippen LogP contribution is -2.35. The molecule has 0 N–H and O–H groups in total. The molecule has 0 amide bonds. The van der Waals surface area contributed by atoms with Crippen molar-refractivity contribution in [3.05, 3.63) is 0 Å². The summed E-state index contributed by atoms with van der Waals surface area (Å²) in [6, 6.07) is 0. The molecular formula is C24H51Cl3O4. The van der Waals surface area contributed by atoms with Gasteiger partial charge in [0.15, 0.2) is 0 Å². The van der Waals surface area contributed by atoms with Crippen LogP contribution in [0.4, 0.5) is 0 Å². The summed E-state index contributed by atoms with van der Waals surface area (Å²) in [6.07, 6.45) is 4.05. The van der Waals surface area contributed by atoms with Crippen LogP contribution in [0.1, 0.15) is 67.7 Å². The normalized spacial score (nSPS) is 17.7. The number of alkyl halides is 3. The number of hydrogen-bond acceptors (Lipinski definition) is 4. The number of hydrogen-bond donors (Lipinski definition) is 0. The van der Waals surface area contributed by atoms with Crippen molar-refractivity contribution in [2.75, 3.05) is 45.6 Å². The van der Waals surface area contributed by atoms with Crippen LogP contribution >= 0.6 is 34.8 Å². The maximum Gasteiger partial charge on any atom is 0.0869 e. The second kappa shape index (κ2) is 25.3. The van der Waals surface area contributed by atoms with Gasteiger partial charge in [-0.05, 0) is 58.8 Å². The summed E-state index contributed by atoms with van der Waals surface area (Å²) in [5, 5.41) is 0. The van der Waals surface area contributed by atoms with E-state index in [-0.39, 0.29) is 12.2 Å². The van der Waals surface area contributed by atoms with Crippen LogP contribution in [0.2, 0.25) is 0 Å². The van der Waals surface area contributed by atoms with Crippen LogP contribution in [0.25, 0.3) is 0 Å². The largest absolute Gasteiger partial charge is 0.381 e. The van der Waals surface area contributed by atoms with Gasteiger partial charge in [0.25, 0.3) is 0 Å². The fourth-order valence-corrected chi connectivity index (χ4v) is 4.39. The third-order valence-corrected chi connectivity index (χ3v) is 7.06. The quantitative estimate of drug-likeness (QED) is 0.218. The molecule has 7 unspecified atom stereocenters. The van der Waals surface area contributed by atoms with Crippen molar-refractivity contribution in [1.29, 1.82) is 0 Å². The average molecular weight is 510 g/mol. The van der Waals surface area contributed by atoms with Crippen molar-refractivity contribution in [2.45, 2.75) is 92.1 Å². The lowest BCUT2D eigenvalue weighted by atomic mass is 9.98. The maximum absolute atomic E-state index is 5.81. The highest BCUT2D eigenvalue weighted by atomic mass is 35.5. The molecule has 31 heavy (non-hydrogen) atoms. The van der Waals surface area contributed by atoms with E-state index >= 15 is 0 Å². The van der Waals surface area contributed by atoms with Gasteiger partial charge in [-0.3, -0.25) is 0 Å². The summed E-state index contributed by atoms with van der Waals surface area (Å²) in [7, 11) is 5.12. The molecule has 7 atom stereocenters. The second-order valence-corrected chi connectivity index (χ2v) is 8.64. The standard InChI is InChI=1S/C9H19ClO2.C8H17ClO.C7H15ClO/c1-5-8(6-10)9(12-4)7(2)11-3;1-4-8(6-9)7(3)10-5-2;1-4-7(5-8)6(2)9-3/h7-9H,5-6H2,1-4H3;7-8H,4-6H2,1-3H3;6-7H,4-5H2,1-3H3. The Labute approximate surface area is 209 Å². The Hall–Kier alpha value is 0.710. The molecule has 0 aromatic rings. The zero-order chi connectivity index (χ0) is 24.8. The van der Waals surface area contributed by atoms with E-state index in [2.05, 4.69) is 34.6 Å². The molecule has 0 radical (unpaired) electrons. The van der Waals surface area contributed by atoms with E-state index in [9.17, 15) is 0 Å². The average Bonchev–Trinajstić information content (AvgIpc) is 2.79. The van der Waals surface area contributed by atoms with Crippen LogP contribution in [-0.2, 0) is 18.9 Å². The summed E-state index contributed by atoms with van der Waals surface area (Å²) < 4.78 is 21.1. The Kier molecular flexibility index (Phi) is 29.7. The zero-order valence-corrected chi connectivity index (χ0v) is 24.0. The van der Waals surface area contributed by atoms with Crippen LogP contribution in [0.5, 0.6) is 0 Å². The Morgan fingerprint density at radius 2 is 0.935 bits per heavy atom. The first-order valence-electron chi connectivity index (χ1n) is 11.6. The van der Waals surface area contributed by atoms with Gasteiger partial charge < -0.3 is 18.9 Å². The topological polar surface area (TPSA) is 36.9 Å². The molecule has 4 nitrogen and oxygen atoms in total. The molecule has 0 aliphatic rings. The zero-order valence-electron chi connectivity index (χ0n) is 21.8. The molecule has 0 saturated carbocycles. The minimum atomic E-state index is 0.109. The molecule has 0 aliphatic carbocycles. The van der Waals surface area contributed by atoms with Gasteiger partial charge in [-0.15, -0.1) is 34.8 Å². The highest BCUT2D eigenvalue weighted by Gasteiger charge is 2.24. The monoisotopic (exact) mass is 508 g/mol. The molecule has 0 fully saturated rings. The lowest BCUT2D eigenvalue weighted by Gasteiger charge is -2.27. The summed E-state index contributed by atoms with van der Waals surface area (Å²) >= 11 is 17.2. The summed E-state index contributed by atoms with van der Waals surface area (Å²) in [6.45, 7) is 15.3. The van der Waals surface area contributed by atoms with Crippen LogP contribution in [0, 0.1) is 17.8 Å². The van der Waals surface area contributed by atoms with Crippen molar-refractivity contribution >= 4 is 34.8 Å². The van der Waals surface area contributed by atoms with Gasteiger partial charge in [0.05, 0.1) is 24.4 Å². The molecule has 0 spiro atoms. The number of halogens is 3. The van der Waals surface area contributed by atoms with Crippen molar-refractivity contribution in [1.82, 2.24) is 0 Å². The maximum atomic E-state index is 5.81. The van der Waals surface area contributed by atoms with Gasteiger partial charge in [-0.2, -0.15) is 0 Å². The van der Waals surface area contributed by atoms with E-state index in [1.165, 1.54) is 0 Å². The molecular weight excluding hydrogens is 459 g/mol. The van der Waals surface area contributed by atoms with Crippen LogP contribution < -0.4 is 0 Å². The van der Waals surface area contributed by atoms with Crippen molar-refractivity contribution < 1.29 is 18.9 Å². The highest BCUT2D eigenvalue weighted by Crippen LogP contribution is 2.18. The summed E-state index contributed by atoms with van der Waals surface area (Å²) in [4.78, 5) is 0. The predicted molar refractivity (Wildman–Crippen MR) is 138 cm³/mol. The predicted octanol–water partition coefficient (Wildman–Crippen LogP) is 7.26. The van der Waals surface area contributed by atoms with Gasteiger partial charge in [0.2, 0.25) is 0 Å². The number of methoxy groups -OCH3 is 3. The summed E-state index contributed by atoms with van der Waals surface area (Å²) in [5.41, 5.74) is 0. The van der Waals surface area contributed by atoms with E-state index in [1.807, 2.05) is 13.8 Å². The van der Waals surface area contributed by atoms with Crippen molar-refractivity contribution in [2.24, 2.45) is 17.8 Å². The molecule has 192 valence electrons. The van der Waals surface area contributed by atoms with E-state index in [4.69, 9.17) is 53.8 Å². The minimum Gasteiger partial charge on any atom is -0.381 e. The minimum absolute atomic E-state index is 0.109.